The van der Waals surface area contributed by atoms with Crippen LogP contribution < -0.4 is 10.1 Å². The van der Waals surface area contributed by atoms with Gasteiger partial charge in [-0.25, -0.2) is 4.98 Å². The van der Waals surface area contributed by atoms with Gasteiger partial charge in [-0.05, 0) is 36.8 Å². The molecular formula is C20H19N3O2. The summed E-state index contributed by atoms with van der Waals surface area (Å²) in [5.74, 6) is 0.641. The molecule has 0 saturated heterocycles. The number of carbonyl (C=O) groups excluding carboxylic acids is 1. The minimum absolute atomic E-state index is 0.191. The van der Waals surface area contributed by atoms with Gasteiger partial charge < -0.3 is 10.1 Å². The van der Waals surface area contributed by atoms with Crippen molar-refractivity contribution in [2.45, 2.75) is 6.92 Å². The molecule has 5 heteroatoms. The van der Waals surface area contributed by atoms with E-state index in [-0.39, 0.29) is 5.91 Å². The van der Waals surface area contributed by atoms with Crippen molar-refractivity contribution < 1.29 is 9.53 Å². The Bertz CT molecular complexity index is 906. The largest absolute Gasteiger partial charge is 0.491 e. The Morgan fingerprint density at radius 1 is 1.12 bits per heavy atom. The van der Waals surface area contributed by atoms with E-state index in [2.05, 4.69) is 15.3 Å². The molecule has 2 aromatic carbocycles. The predicted octanol–water partition coefficient (Wildman–Crippen LogP) is 3.15. The average molecular weight is 333 g/mol. The van der Waals surface area contributed by atoms with E-state index in [0.29, 0.717) is 18.8 Å². The lowest BCUT2D eigenvalue weighted by atomic mass is 10.2. The smallest absolute Gasteiger partial charge is 0.244 e. The van der Waals surface area contributed by atoms with Crippen LogP contribution in [0.25, 0.3) is 17.1 Å². The van der Waals surface area contributed by atoms with Gasteiger partial charge in [-0.2, -0.15) is 0 Å². The van der Waals surface area contributed by atoms with Gasteiger partial charge >= 0.3 is 0 Å². The van der Waals surface area contributed by atoms with Crippen molar-refractivity contribution in [2.24, 2.45) is 0 Å². The molecule has 0 fully saturated rings. The molecule has 5 nitrogen and oxygen atoms in total. The highest BCUT2D eigenvalue weighted by Crippen LogP contribution is 2.15. The number of aromatic nitrogens is 2. The molecule has 0 radical (unpaired) electrons. The maximum absolute atomic E-state index is 11.9. The first kappa shape index (κ1) is 16.6. The van der Waals surface area contributed by atoms with Crippen LogP contribution in [-0.4, -0.2) is 29.0 Å². The molecule has 1 amide bonds. The SMILES string of the molecule is Cc1ccccc1OCCNC(=O)/C=C/c1cnc2ccccc2n1. The van der Waals surface area contributed by atoms with Crippen LogP contribution in [0, 0.1) is 6.92 Å². The number of hydrogen-bond acceptors (Lipinski definition) is 4. The minimum Gasteiger partial charge on any atom is -0.491 e. The maximum Gasteiger partial charge on any atom is 0.244 e. The lowest BCUT2D eigenvalue weighted by molar-refractivity contribution is -0.116. The Morgan fingerprint density at radius 3 is 2.72 bits per heavy atom. The number of ether oxygens (including phenoxy) is 1. The molecule has 3 rings (SSSR count). The summed E-state index contributed by atoms with van der Waals surface area (Å²) in [4.78, 5) is 20.6. The molecule has 0 bridgehead atoms. The summed E-state index contributed by atoms with van der Waals surface area (Å²) < 4.78 is 5.64. The van der Waals surface area contributed by atoms with Gasteiger partial charge in [0.05, 0.1) is 29.5 Å². The second-order valence-electron chi connectivity index (χ2n) is 5.52. The predicted molar refractivity (Wildman–Crippen MR) is 98.3 cm³/mol. The van der Waals surface area contributed by atoms with E-state index in [1.807, 2.05) is 55.5 Å². The Kier molecular flexibility index (Phi) is 5.36. The number of aryl methyl sites for hydroxylation is 1. The van der Waals surface area contributed by atoms with Gasteiger partial charge in [-0.1, -0.05) is 30.3 Å². The molecule has 0 aliphatic carbocycles. The van der Waals surface area contributed by atoms with Crippen LogP contribution in [-0.2, 0) is 4.79 Å². The first-order chi connectivity index (χ1) is 12.2. The molecule has 0 atom stereocenters. The van der Waals surface area contributed by atoms with Gasteiger partial charge in [0.25, 0.3) is 0 Å². The number of para-hydroxylation sites is 3. The molecule has 25 heavy (non-hydrogen) atoms. The number of nitrogens with one attached hydrogen (secondary N) is 1. The van der Waals surface area contributed by atoms with E-state index < -0.39 is 0 Å². The summed E-state index contributed by atoms with van der Waals surface area (Å²) >= 11 is 0. The zero-order valence-electron chi connectivity index (χ0n) is 14.0. The summed E-state index contributed by atoms with van der Waals surface area (Å²) in [6.45, 7) is 2.84. The van der Waals surface area contributed by atoms with E-state index in [0.717, 1.165) is 22.3 Å². The first-order valence-electron chi connectivity index (χ1n) is 8.08. The summed E-state index contributed by atoms with van der Waals surface area (Å²) in [5.41, 5.74) is 3.35. The van der Waals surface area contributed by atoms with Crippen molar-refractivity contribution in [1.82, 2.24) is 15.3 Å². The van der Waals surface area contributed by atoms with Crippen LogP contribution in [0.2, 0.25) is 0 Å². The quantitative estimate of drug-likeness (QED) is 0.556. The van der Waals surface area contributed by atoms with Crippen molar-refractivity contribution in [3.63, 3.8) is 0 Å². The summed E-state index contributed by atoms with van der Waals surface area (Å²) in [7, 11) is 0. The normalized spacial score (nSPS) is 10.9. The fraction of sp³-hybridized carbons (Fsp3) is 0.150. The second kappa shape index (κ2) is 8.06. The highest BCUT2D eigenvalue weighted by atomic mass is 16.5. The number of hydrogen-bond donors (Lipinski definition) is 1. The number of amides is 1. The fourth-order valence-corrected chi connectivity index (χ4v) is 2.33. The minimum atomic E-state index is -0.191. The number of fused-ring (bicyclic) bond motifs is 1. The standard InChI is InChI=1S/C20H19N3O2/c1-15-6-2-5-9-19(15)25-13-12-21-20(24)11-10-16-14-22-17-7-3-4-8-18(17)23-16/h2-11,14H,12-13H2,1H3,(H,21,24)/b11-10+. The third-order valence-electron chi connectivity index (χ3n) is 3.63. The molecule has 126 valence electrons. The summed E-state index contributed by atoms with van der Waals surface area (Å²) in [6, 6.07) is 15.4. The Morgan fingerprint density at radius 2 is 1.88 bits per heavy atom. The lowest BCUT2D eigenvalue weighted by Gasteiger charge is -2.08. The molecule has 0 aliphatic rings. The van der Waals surface area contributed by atoms with Crippen molar-refractivity contribution in [1.29, 1.82) is 0 Å². The number of carbonyl (C=O) groups is 1. The highest BCUT2D eigenvalue weighted by molar-refractivity contribution is 5.91. The molecule has 0 spiro atoms. The van der Waals surface area contributed by atoms with Crippen LogP contribution >= 0.6 is 0 Å². The van der Waals surface area contributed by atoms with Crippen LogP contribution in [0.15, 0.2) is 60.8 Å². The third kappa shape index (κ3) is 4.64. The molecule has 0 unspecified atom stereocenters. The average Bonchev–Trinajstić information content (AvgIpc) is 2.64. The van der Waals surface area contributed by atoms with E-state index in [9.17, 15) is 4.79 Å². The topological polar surface area (TPSA) is 64.1 Å². The molecule has 1 heterocycles. The van der Waals surface area contributed by atoms with Crippen molar-refractivity contribution in [3.05, 3.63) is 72.1 Å². The van der Waals surface area contributed by atoms with E-state index in [1.54, 1.807) is 12.3 Å². The van der Waals surface area contributed by atoms with E-state index >= 15 is 0 Å². The van der Waals surface area contributed by atoms with Crippen LogP contribution in [0.3, 0.4) is 0 Å². The van der Waals surface area contributed by atoms with Gasteiger partial charge in [-0.3, -0.25) is 9.78 Å². The Labute approximate surface area is 146 Å². The van der Waals surface area contributed by atoms with Gasteiger partial charge in [0.15, 0.2) is 0 Å². The Balaban J connectivity index is 1.48. The van der Waals surface area contributed by atoms with Gasteiger partial charge in [0.1, 0.15) is 12.4 Å². The monoisotopic (exact) mass is 333 g/mol. The molecular weight excluding hydrogens is 314 g/mol. The number of nitrogens with zero attached hydrogens (tertiary/aromatic N) is 2. The first-order valence-corrected chi connectivity index (χ1v) is 8.08. The molecule has 1 N–H and O–H groups in total. The Hall–Kier alpha value is -3.21. The van der Waals surface area contributed by atoms with Gasteiger partial charge in [-0.15, -0.1) is 0 Å². The van der Waals surface area contributed by atoms with Crippen LogP contribution in [0.1, 0.15) is 11.3 Å². The second-order valence-corrected chi connectivity index (χ2v) is 5.52. The van der Waals surface area contributed by atoms with Crippen molar-refractivity contribution in [3.8, 4) is 5.75 Å². The van der Waals surface area contributed by atoms with Crippen LogP contribution in [0.5, 0.6) is 5.75 Å². The van der Waals surface area contributed by atoms with E-state index in [4.69, 9.17) is 4.74 Å². The number of benzene rings is 2. The zero-order valence-corrected chi connectivity index (χ0v) is 14.0. The summed E-state index contributed by atoms with van der Waals surface area (Å²) in [6.07, 6.45) is 4.75. The van der Waals surface area contributed by atoms with Crippen LogP contribution in [0.4, 0.5) is 0 Å². The number of rotatable bonds is 6. The lowest BCUT2D eigenvalue weighted by Crippen LogP contribution is -2.26. The van der Waals surface area contributed by atoms with Gasteiger partial charge in [0.2, 0.25) is 5.91 Å². The zero-order chi connectivity index (χ0) is 17.5. The molecule has 0 saturated carbocycles. The molecule has 1 aromatic heterocycles. The van der Waals surface area contributed by atoms with Crippen molar-refractivity contribution in [2.75, 3.05) is 13.2 Å². The molecule has 0 aliphatic heterocycles. The third-order valence-corrected chi connectivity index (χ3v) is 3.63. The van der Waals surface area contributed by atoms with Crippen molar-refractivity contribution >= 4 is 23.0 Å². The highest BCUT2D eigenvalue weighted by Gasteiger charge is 2.00. The maximum atomic E-state index is 11.9. The fourth-order valence-electron chi connectivity index (χ4n) is 2.33. The van der Waals surface area contributed by atoms with E-state index in [1.165, 1.54) is 6.08 Å². The summed E-state index contributed by atoms with van der Waals surface area (Å²) in [5, 5.41) is 2.78. The van der Waals surface area contributed by atoms with Gasteiger partial charge in [0, 0.05) is 6.08 Å². The molecule has 3 aromatic rings.